The van der Waals surface area contributed by atoms with Gasteiger partial charge in [-0.2, -0.15) is 0 Å². The maximum absolute atomic E-state index is 12.5. The third-order valence-electron chi connectivity index (χ3n) is 3.87. The second-order valence-electron chi connectivity index (χ2n) is 5.72. The van der Waals surface area contributed by atoms with Crippen LogP contribution in [0.1, 0.15) is 15.9 Å². The molecule has 1 heterocycles. The Kier molecular flexibility index (Phi) is 5.36. The zero-order valence-corrected chi connectivity index (χ0v) is 16.0. The smallest absolute Gasteiger partial charge is 0.253 e. The van der Waals surface area contributed by atoms with Crippen molar-refractivity contribution in [3.8, 4) is 0 Å². The highest BCUT2D eigenvalue weighted by Crippen LogP contribution is 2.22. The fourth-order valence-corrected chi connectivity index (χ4v) is 3.58. The minimum atomic E-state index is -3.70. The van der Waals surface area contributed by atoms with Gasteiger partial charge < -0.3 is 5.32 Å². The van der Waals surface area contributed by atoms with Crippen LogP contribution in [0, 0.1) is 0 Å². The van der Waals surface area contributed by atoms with Gasteiger partial charge in [0, 0.05) is 22.6 Å². The molecule has 134 valence electrons. The van der Waals surface area contributed by atoms with E-state index in [1.807, 2.05) is 18.2 Å². The number of carbonyl (C=O) groups excluding carboxylic acids is 1. The van der Waals surface area contributed by atoms with Gasteiger partial charge in [-0.1, -0.05) is 34.1 Å². The Morgan fingerprint density at radius 2 is 1.88 bits per heavy atom. The standard InChI is InChI=1S/C18H16BrN3O3S/c19-14-10-13-2-1-8-21-17(13)16(11-14)18(23)22-9-7-12-3-5-15(6-4-12)26(20,24)25/h1-6,8,10-11H,7,9H2,(H,22,23)(H2,20,24,25). The van der Waals surface area contributed by atoms with Gasteiger partial charge in [0.15, 0.2) is 0 Å². The van der Waals surface area contributed by atoms with Gasteiger partial charge in [0.1, 0.15) is 0 Å². The van der Waals surface area contributed by atoms with E-state index in [1.165, 1.54) is 12.1 Å². The summed E-state index contributed by atoms with van der Waals surface area (Å²) in [4.78, 5) is 16.9. The van der Waals surface area contributed by atoms with Crippen molar-refractivity contribution in [2.24, 2.45) is 5.14 Å². The fraction of sp³-hybridized carbons (Fsp3) is 0.111. The van der Waals surface area contributed by atoms with E-state index in [0.29, 0.717) is 24.0 Å². The molecule has 0 spiro atoms. The largest absolute Gasteiger partial charge is 0.352 e. The number of fused-ring (bicyclic) bond motifs is 1. The molecule has 0 unspecified atom stereocenters. The molecule has 0 atom stereocenters. The van der Waals surface area contributed by atoms with Crippen LogP contribution in [0.5, 0.6) is 0 Å². The number of nitrogens with one attached hydrogen (secondary N) is 1. The molecule has 0 saturated carbocycles. The van der Waals surface area contributed by atoms with Crippen LogP contribution in [0.2, 0.25) is 0 Å². The predicted molar refractivity (Wildman–Crippen MR) is 103 cm³/mol. The zero-order chi connectivity index (χ0) is 18.7. The van der Waals surface area contributed by atoms with E-state index in [9.17, 15) is 13.2 Å². The summed E-state index contributed by atoms with van der Waals surface area (Å²) >= 11 is 3.41. The Balaban J connectivity index is 1.68. The van der Waals surface area contributed by atoms with E-state index in [1.54, 1.807) is 24.4 Å². The molecule has 0 aliphatic heterocycles. The van der Waals surface area contributed by atoms with Crippen molar-refractivity contribution >= 4 is 42.8 Å². The first-order chi connectivity index (χ1) is 12.3. The van der Waals surface area contributed by atoms with Crippen LogP contribution >= 0.6 is 15.9 Å². The number of amides is 1. The van der Waals surface area contributed by atoms with Crippen molar-refractivity contribution < 1.29 is 13.2 Å². The maximum atomic E-state index is 12.5. The van der Waals surface area contributed by atoms with Crippen molar-refractivity contribution in [3.63, 3.8) is 0 Å². The molecule has 0 saturated heterocycles. The van der Waals surface area contributed by atoms with E-state index < -0.39 is 10.0 Å². The normalized spacial score (nSPS) is 11.5. The molecule has 3 aromatic rings. The number of carbonyl (C=O) groups is 1. The molecule has 0 radical (unpaired) electrons. The van der Waals surface area contributed by atoms with Crippen molar-refractivity contribution in [2.45, 2.75) is 11.3 Å². The van der Waals surface area contributed by atoms with E-state index >= 15 is 0 Å². The van der Waals surface area contributed by atoms with E-state index in [-0.39, 0.29) is 10.8 Å². The minimum Gasteiger partial charge on any atom is -0.352 e. The van der Waals surface area contributed by atoms with E-state index in [0.717, 1.165) is 15.4 Å². The first-order valence-corrected chi connectivity index (χ1v) is 10.1. The number of aromatic nitrogens is 1. The molecule has 2 aromatic carbocycles. The van der Waals surface area contributed by atoms with Gasteiger partial charge in [-0.15, -0.1) is 0 Å². The van der Waals surface area contributed by atoms with Crippen molar-refractivity contribution in [2.75, 3.05) is 6.54 Å². The lowest BCUT2D eigenvalue weighted by molar-refractivity contribution is 0.0955. The molecule has 0 aliphatic rings. The maximum Gasteiger partial charge on any atom is 0.253 e. The van der Waals surface area contributed by atoms with Gasteiger partial charge in [0.2, 0.25) is 10.0 Å². The van der Waals surface area contributed by atoms with Crippen LogP contribution in [0.4, 0.5) is 0 Å². The number of pyridine rings is 1. The number of hydrogen-bond acceptors (Lipinski definition) is 4. The van der Waals surface area contributed by atoms with Crippen molar-refractivity contribution in [3.05, 3.63) is 70.3 Å². The first kappa shape index (κ1) is 18.5. The number of sulfonamides is 1. The molecule has 3 rings (SSSR count). The minimum absolute atomic E-state index is 0.0666. The number of halogens is 1. The quantitative estimate of drug-likeness (QED) is 0.645. The molecule has 1 aromatic heterocycles. The second-order valence-corrected chi connectivity index (χ2v) is 8.20. The lowest BCUT2D eigenvalue weighted by Gasteiger charge is -2.09. The molecule has 0 aliphatic carbocycles. The SMILES string of the molecule is NS(=O)(=O)c1ccc(CCNC(=O)c2cc(Br)cc3cccnc23)cc1. The summed E-state index contributed by atoms with van der Waals surface area (Å²) in [6.45, 7) is 0.411. The number of nitrogens with zero attached hydrogens (tertiary/aromatic N) is 1. The summed E-state index contributed by atoms with van der Waals surface area (Å²) in [6, 6.07) is 13.6. The summed E-state index contributed by atoms with van der Waals surface area (Å²) in [6.07, 6.45) is 2.22. The number of benzene rings is 2. The second kappa shape index (κ2) is 7.53. The molecule has 3 N–H and O–H groups in total. The third kappa shape index (κ3) is 4.27. The Labute approximate surface area is 159 Å². The monoisotopic (exact) mass is 433 g/mol. The first-order valence-electron chi connectivity index (χ1n) is 7.79. The number of hydrogen-bond donors (Lipinski definition) is 2. The topological polar surface area (TPSA) is 102 Å². The summed E-state index contributed by atoms with van der Waals surface area (Å²) in [5.41, 5.74) is 2.04. The Hall–Kier alpha value is -2.29. The van der Waals surface area contributed by atoms with Gasteiger partial charge in [0.05, 0.1) is 16.0 Å². The van der Waals surface area contributed by atoms with Crippen LogP contribution < -0.4 is 10.5 Å². The van der Waals surface area contributed by atoms with Gasteiger partial charge >= 0.3 is 0 Å². The Morgan fingerprint density at radius 1 is 1.15 bits per heavy atom. The molecule has 0 bridgehead atoms. The Bertz CT molecular complexity index is 1070. The molecular formula is C18H16BrN3O3S. The molecule has 26 heavy (non-hydrogen) atoms. The summed E-state index contributed by atoms with van der Waals surface area (Å²) in [5.74, 6) is -0.212. The van der Waals surface area contributed by atoms with Crippen LogP contribution in [0.25, 0.3) is 10.9 Å². The van der Waals surface area contributed by atoms with Gasteiger partial charge in [-0.3, -0.25) is 9.78 Å². The highest BCUT2D eigenvalue weighted by molar-refractivity contribution is 9.10. The Morgan fingerprint density at radius 3 is 2.58 bits per heavy atom. The van der Waals surface area contributed by atoms with Crippen molar-refractivity contribution in [1.29, 1.82) is 0 Å². The molecule has 1 amide bonds. The molecule has 6 nitrogen and oxygen atoms in total. The predicted octanol–water partition coefficient (Wildman–Crippen LogP) is 2.62. The summed E-state index contributed by atoms with van der Waals surface area (Å²) in [5, 5.41) is 8.82. The van der Waals surface area contributed by atoms with E-state index in [4.69, 9.17) is 5.14 Å². The highest BCUT2D eigenvalue weighted by atomic mass is 79.9. The number of primary sulfonamides is 1. The van der Waals surface area contributed by atoms with Crippen LogP contribution in [-0.2, 0) is 16.4 Å². The molecular weight excluding hydrogens is 418 g/mol. The molecule has 8 heteroatoms. The highest BCUT2D eigenvalue weighted by Gasteiger charge is 2.12. The van der Waals surface area contributed by atoms with Gasteiger partial charge in [-0.25, -0.2) is 13.6 Å². The van der Waals surface area contributed by atoms with Gasteiger partial charge in [-0.05, 0) is 42.3 Å². The van der Waals surface area contributed by atoms with Crippen LogP contribution in [0.3, 0.4) is 0 Å². The summed E-state index contributed by atoms with van der Waals surface area (Å²) < 4.78 is 23.3. The number of rotatable bonds is 5. The lowest BCUT2D eigenvalue weighted by Crippen LogP contribution is -2.26. The van der Waals surface area contributed by atoms with Crippen molar-refractivity contribution in [1.82, 2.24) is 10.3 Å². The lowest BCUT2D eigenvalue weighted by atomic mass is 10.1. The average molecular weight is 434 g/mol. The third-order valence-corrected chi connectivity index (χ3v) is 5.25. The van der Waals surface area contributed by atoms with Gasteiger partial charge in [0.25, 0.3) is 5.91 Å². The molecule has 0 fully saturated rings. The zero-order valence-electron chi connectivity index (χ0n) is 13.6. The average Bonchev–Trinajstić information content (AvgIpc) is 2.60. The van der Waals surface area contributed by atoms with E-state index in [2.05, 4.69) is 26.2 Å². The fourth-order valence-electron chi connectivity index (χ4n) is 2.59. The van der Waals surface area contributed by atoms with Crippen LogP contribution in [0.15, 0.2) is 64.1 Å². The number of nitrogens with two attached hydrogens (primary N) is 1. The van der Waals surface area contributed by atoms with Crippen LogP contribution in [-0.4, -0.2) is 25.9 Å². The summed E-state index contributed by atoms with van der Waals surface area (Å²) in [7, 11) is -3.70.